The lowest BCUT2D eigenvalue weighted by Gasteiger charge is -2.33. The smallest absolute Gasteiger partial charge is 0.371 e. The van der Waals surface area contributed by atoms with Gasteiger partial charge in [-0.1, -0.05) is 79.1 Å². The number of fused-ring (bicyclic) bond motifs is 4. The summed E-state index contributed by atoms with van der Waals surface area (Å²) >= 11 is 0. The van der Waals surface area contributed by atoms with Crippen LogP contribution in [0.5, 0.6) is 11.5 Å². The van der Waals surface area contributed by atoms with Gasteiger partial charge in [-0.25, -0.2) is 0 Å². The third-order valence-electron chi connectivity index (χ3n) is 7.83. The fraction of sp³-hybridized carbons (Fsp3) is 0.824. The molecule has 0 saturated heterocycles. The van der Waals surface area contributed by atoms with Crippen LogP contribution in [0.25, 0.3) is 0 Å². The van der Waals surface area contributed by atoms with Crippen molar-refractivity contribution in [1.29, 1.82) is 0 Å². The first-order valence-corrected chi connectivity index (χ1v) is 16.7. The van der Waals surface area contributed by atoms with E-state index in [4.69, 9.17) is 14.2 Å². The van der Waals surface area contributed by atoms with Gasteiger partial charge in [0.25, 0.3) is 0 Å². The van der Waals surface area contributed by atoms with Crippen LogP contribution >= 0.6 is 0 Å². The van der Waals surface area contributed by atoms with Crippen LogP contribution in [0.15, 0.2) is 24.3 Å². The number of hydrogen-bond acceptors (Lipinski definition) is 5. The van der Waals surface area contributed by atoms with Crippen LogP contribution in [-0.2, 0) is 4.74 Å². The quantitative estimate of drug-likeness (QED) is 0.108. The van der Waals surface area contributed by atoms with E-state index < -0.39 is 5.97 Å². The maximum Gasteiger partial charge on any atom is 0.371 e. The van der Waals surface area contributed by atoms with Gasteiger partial charge < -0.3 is 24.0 Å². The van der Waals surface area contributed by atoms with Crippen molar-refractivity contribution in [3.63, 3.8) is 0 Å². The first-order valence-electron chi connectivity index (χ1n) is 16.7. The summed E-state index contributed by atoms with van der Waals surface area (Å²) in [6, 6.07) is 7.97. The molecule has 0 radical (unpaired) electrons. The maximum atomic E-state index is 6.49. The van der Waals surface area contributed by atoms with Crippen molar-refractivity contribution in [2.45, 2.75) is 136 Å². The van der Waals surface area contributed by atoms with Gasteiger partial charge in [0.1, 0.15) is 11.5 Å². The SMILES string of the molecule is CCCCCN(CCCCC)CCCCOC1(CCCN(CCCCC)CCCCC)Oc2ccc(cc2)O1. The van der Waals surface area contributed by atoms with Crippen LogP contribution in [0.4, 0.5) is 0 Å². The molecule has 226 valence electrons. The monoisotopic (exact) mass is 546 g/mol. The summed E-state index contributed by atoms with van der Waals surface area (Å²) in [5.41, 5.74) is 0. The van der Waals surface area contributed by atoms with E-state index in [9.17, 15) is 0 Å². The minimum absolute atomic E-state index is 0.662. The highest BCUT2D eigenvalue weighted by Crippen LogP contribution is 2.34. The zero-order valence-electron chi connectivity index (χ0n) is 26.2. The molecule has 1 aromatic rings. The Morgan fingerprint density at radius 2 is 0.872 bits per heavy atom. The van der Waals surface area contributed by atoms with E-state index in [0.29, 0.717) is 6.61 Å². The molecule has 0 amide bonds. The molecule has 2 bridgehead atoms. The molecule has 0 N–H and O–H groups in total. The molecule has 0 spiro atoms. The molecule has 2 aliphatic rings. The predicted molar refractivity (Wildman–Crippen MR) is 166 cm³/mol. The van der Waals surface area contributed by atoms with Crippen molar-refractivity contribution >= 4 is 0 Å². The average molecular weight is 547 g/mol. The number of benzene rings is 1. The van der Waals surface area contributed by atoms with Crippen LogP contribution in [0.1, 0.15) is 130 Å². The van der Waals surface area contributed by atoms with Crippen molar-refractivity contribution in [3.8, 4) is 11.5 Å². The van der Waals surface area contributed by atoms with Crippen LogP contribution in [0, 0.1) is 0 Å². The molecule has 1 aromatic carbocycles. The van der Waals surface area contributed by atoms with Gasteiger partial charge >= 0.3 is 5.97 Å². The second-order valence-electron chi connectivity index (χ2n) is 11.5. The lowest BCUT2D eigenvalue weighted by atomic mass is 10.2. The molecule has 3 rings (SSSR count). The lowest BCUT2D eigenvalue weighted by Crippen LogP contribution is -2.45. The Hall–Kier alpha value is -1.30. The predicted octanol–water partition coefficient (Wildman–Crippen LogP) is 9.05. The first kappa shape index (κ1) is 33.9. The molecule has 0 atom stereocenters. The van der Waals surface area contributed by atoms with Crippen molar-refractivity contribution in [3.05, 3.63) is 24.3 Å². The Labute approximate surface area is 242 Å². The van der Waals surface area contributed by atoms with Crippen LogP contribution in [0.3, 0.4) is 0 Å². The van der Waals surface area contributed by atoms with E-state index in [1.54, 1.807) is 0 Å². The van der Waals surface area contributed by atoms with Gasteiger partial charge in [-0.3, -0.25) is 0 Å². The summed E-state index contributed by atoms with van der Waals surface area (Å²) in [6.45, 7) is 16.9. The van der Waals surface area contributed by atoms with E-state index in [1.165, 1.54) is 103 Å². The van der Waals surface area contributed by atoms with Gasteiger partial charge in [0.2, 0.25) is 0 Å². The number of ether oxygens (including phenoxy) is 3. The molecule has 39 heavy (non-hydrogen) atoms. The van der Waals surface area contributed by atoms with Gasteiger partial charge in [0, 0.05) is 0 Å². The van der Waals surface area contributed by atoms with Crippen LogP contribution in [0.2, 0.25) is 0 Å². The fourth-order valence-electron chi connectivity index (χ4n) is 5.39. The molecular formula is C34H62N2O3. The molecule has 5 nitrogen and oxygen atoms in total. The summed E-state index contributed by atoms with van der Waals surface area (Å²) < 4.78 is 19.2. The highest BCUT2D eigenvalue weighted by Gasteiger charge is 2.38. The summed E-state index contributed by atoms with van der Waals surface area (Å²) in [5, 5.41) is 0. The largest absolute Gasteiger partial charge is 0.430 e. The Bertz CT molecular complexity index is 651. The zero-order valence-corrected chi connectivity index (χ0v) is 26.2. The van der Waals surface area contributed by atoms with E-state index in [0.717, 1.165) is 50.3 Å². The Morgan fingerprint density at radius 3 is 1.26 bits per heavy atom. The molecule has 0 unspecified atom stereocenters. The van der Waals surface area contributed by atoms with Gasteiger partial charge in [-0.05, 0) is 108 Å². The molecular weight excluding hydrogens is 484 g/mol. The topological polar surface area (TPSA) is 34.2 Å². The Kier molecular flexibility index (Phi) is 18.6. The van der Waals surface area contributed by atoms with Crippen LogP contribution in [-0.4, -0.2) is 61.6 Å². The highest BCUT2D eigenvalue weighted by molar-refractivity contribution is 5.33. The van der Waals surface area contributed by atoms with Gasteiger partial charge in [-0.2, -0.15) is 0 Å². The molecule has 5 heteroatoms. The number of nitrogens with zero attached hydrogens (tertiary/aromatic N) is 2. The number of unbranched alkanes of at least 4 members (excludes halogenated alkanes) is 9. The number of hydrogen-bond donors (Lipinski definition) is 0. The van der Waals surface area contributed by atoms with Crippen molar-refractivity contribution in [2.24, 2.45) is 0 Å². The molecule has 0 fully saturated rings. The Balaban J connectivity index is 1.86. The summed E-state index contributed by atoms with van der Waals surface area (Å²) in [7, 11) is 0. The van der Waals surface area contributed by atoms with Crippen molar-refractivity contribution in [2.75, 3.05) is 45.9 Å². The minimum atomic E-state index is -1.02. The average Bonchev–Trinajstić information content (AvgIpc) is 3.22. The molecule has 2 aliphatic heterocycles. The van der Waals surface area contributed by atoms with Gasteiger partial charge in [0.05, 0.1) is 13.0 Å². The van der Waals surface area contributed by atoms with Gasteiger partial charge in [-0.15, -0.1) is 0 Å². The fourth-order valence-corrected chi connectivity index (χ4v) is 5.39. The van der Waals surface area contributed by atoms with Gasteiger partial charge in [0.15, 0.2) is 0 Å². The van der Waals surface area contributed by atoms with E-state index >= 15 is 0 Å². The standard InChI is InChI=1S/C34H62N2O3/c1-5-9-13-25-35(26-14-10-6-2)29-17-18-31-37-34(38-32-20-21-33(39-34)23-22-32)24-19-30-36(27-15-11-7-3)28-16-12-8-4/h20-23H,5-19,24-31H2,1-4H3. The first-order chi connectivity index (χ1) is 19.1. The molecule has 0 aromatic heterocycles. The maximum absolute atomic E-state index is 6.49. The minimum Gasteiger partial charge on any atom is -0.430 e. The zero-order chi connectivity index (χ0) is 28.0. The number of rotatable bonds is 26. The second-order valence-corrected chi connectivity index (χ2v) is 11.5. The van der Waals surface area contributed by atoms with E-state index in [1.807, 2.05) is 24.3 Å². The Morgan fingerprint density at radius 1 is 0.513 bits per heavy atom. The molecule has 2 heterocycles. The second kappa shape index (κ2) is 21.4. The lowest BCUT2D eigenvalue weighted by molar-refractivity contribution is -0.304. The summed E-state index contributed by atoms with van der Waals surface area (Å²) in [4.78, 5) is 5.32. The van der Waals surface area contributed by atoms with E-state index in [-0.39, 0.29) is 0 Å². The third kappa shape index (κ3) is 14.8. The molecule has 0 aliphatic carbocycles. The highest BCUT2D eigenvalue weighted by atomic mass is 16.9. The van der Waals surface area contributed by atoms with Crippen molar-refractivity contribution in [1.82, 2.24) is 9.80 Å². The summed E-state index contributed by atoms with van der Waals surface area (Å²) in [5.74, 6) is 0.645. The normalized spacial score (nSPS) is 14.1. The summed E-state index contributed by atoms with van der Waals surface area (Å²) in [6.07, 6.45) is 19.5. The van der Waals surface area contributed by atoms with Crippen molar-refractivity contribution < 1.29 is 14.2 Å². The molecule has 0 saturated carbocycles. The third-order valence-corrected chi connectivity index (χ3v) is 7.83. The van der Waals surface area contributed by atoms with E-state index in [2.05, 4.69) is 37.5 Å². The van der Waals surface area contributed by atoms with Crippen LogP contribution < -0.4 is 9.47 Å².